The smallest absolute Gasteiger partial charge is 0.0794 e. The molecular weight excluding hydrogens is 240 g/mol. The molecule has 1 N–H and O–H groups in total. The first-order valence-corrected chi connectivity index (χ1v) is 8.09. The van der Waals surface area contributed by atoms with Crippen LogP contribution in [0.5, 0.6) is 0 Å². The first-order valence-electron chi connectivity index (χ1n) is 7.21. The molecule has 0 saturated heterocycles. The molecule has 0 aromatic carbocycles. The Morgan fingerprint density at radius 3 is 2.72 bits per heavy atom. The van der Waals surface area contributed by atoms with Gasteiger partial charge in [-0.25, -0.2) is 0 Å². The van der Waals surface area contributed by atoms with Crippen molar-refractivity contribution < 1.29 is 0 Å². The van der Waals surface area contributed by atoms with Crippen LogP contribution in [0, 0.1) is 11.3 Å². The van der Waals surface area contributed by atoms with Gasteiger partial charge in [0.15, 0.2) is 0 Å². The van der Waals surface area contributed by atoms with Crippen molar-refractivity contribution in [3.05, 3.63) is 16.6 Å². The predicted octanol–water partition coefficient (Wildman–Crippen LogP) is 3.88. The van der Waals surface area contributed by atoms with Crippen LogP contribution in [0.2, 0.25) is 0 Å². The van der Waals surface area contributed by atoms with E-state index in [1.165, 1.54) is 30.6 Å². The highest BCUT2D eigenvalue weighted by Gasteiger charge is 2.31. The van der Waals surface area contributed by atoms with E-state index in [-0.39, 0.29) is 0 Å². The van der Waals surface area contributed by atoms with E-state index in [0.29, 0.717) is 11.5 Å². The van der Waals surface area contributed by atoms with E-state index in [1.807, 2.05) is 11.7 Å². The molecule has 0 spiro atoms. The molecule has 0 bridgehead atoms. The Balaban J connectivity index is 1.93. The lowest BCUT2D eigenvalue weighted by molar-refractivity contribution is 0.161. The predicted molar refractivity (Wildman–Crippen MR) is 79.0 cm³/mol. The average molecular weight is 266 g/mol. The van der Waals surface area contributed by atoms with E-state index in [0.717, 1.165) is 18.9 Å². The molecule has 1 aromatic rings. The third-order valence-corrected chi connectivity index (χ3v) is 5.13. The third-order valence-electron chi connectivity index (χ3n) is 4.32. The number of hydrogen-bond donors (Lipinski definition) is 1. The van der Waals surface area contributed by atoms with Crippen LogP contribution in [0.4, 0.5) is 0 Å². The van der Waals surface area contributed by atoms with Crippen molar-refractivity contribution in [1.29, 1.82) is 0 Å². The van der Waals surface area contributed by atoms with Crippen LogP contribution >= 0.6 is 11.3 Å². The van der Waals surface area contributed by atoms with Gasteiger partial charge in [-0.3, -0.25) is 4.98 Å². The summed E-state index contributed by atoms with van der Waals surface area (Å²) in [6, 6.07) is 0.645. The Labute approximate surface area is 115 Å². The molecule has 102 valence electrons. The summed E-state index contributed by atoms with van der Waals surface area (Å²) in [5, 5.41) is 3.70. The van der Waals surface area contributed by atoms with Gasteiger partial charge in [-0.05, 0) is 50.0 Å². The molecule has 3 heteroatoms. The molecule has 0 radical (unpaired) electrons. The molecule has 18 heavy (non-hydrogen) atoms. The molecule has 1 atom stereocenters. The molecule has 1 heterocycles. The van der Waals surface area contributed by atoms with Crippen molar-refractivity contribution >= 4 is 11.3 Å². The number of likely N-dealkylation sites (N-methyl/N-ethyl adjacent to an activating group) is 1. The van der Waals surface area contributed by atoms with Crippen molar-refractivity contribution in [2.24, 2.45) is 11.3 Å². The van der Waals surface area contributed by atoms with Crippen LogP contribution in [0.25, 0.3) is 0 Å². The number of rotatable bonds is 5. The zero-order chi connectivity index (χ0) is 13.0. The monoisotopic (exact) mass is 266 g/mol. The largest absolute Gasteiger partial charge is 0.314 e. The van der Waals surface area contributed by atoms with Crippen molar-refractivity contribution in [2.45, 2.75) is 58.9 Å². The van der Waals surface area contributed by atoms with Crippen LogP contribution in [0.3, 0.4) is 0 Å². The summed E-state index contributed by atoms with van der Waals surface area (Å²) in [6.45, 7) is 8.11. The van der Waals surface area contributed by atoms with E-state index in [1.54, 1.807) is 11.3 Å². The molecule has 1 fully saturated rings. The topological polar surface area (TPSA) is 24.9 Å². The molecule has 1 aliphatic carbocycles. The molecule has 1 unspecified atom stereocenters. The van der Waals surface area contributed by atoms with Crippen LogP contribution < -0.4 is 5.32 Å². The zero-order valence-electron chi connectivity index (χ0n) is 11.9. The van der Waals surface area contributed by atoms with Crippen LogP contribution in [-0.4, -0.2) is 17.6 Å². The van der Waals surface area contributed by atoms with Gasteiger partial charge in [-0.2, -0.15) is 0 Å². The second-order valence-corrected chi connectivity index (χ2v) is 7.31. The summed E-state index contributed by atoms with van der Waals surface area (Å²) in [6.07, 6.45) is 8.70. The van der Waals surface area contributed by atoms with Gasteiger partial charge in [0.25, 0.3) is 0 Å². The quantitative estimate of drug-likeness (QED) is 0.875. The Hall–Kier alpha value is -0.410. The fraction of sp³-hybridized carbons (Fsp3) is 0.800. The van der Waals surface area contributed by atoms with Gasteiger partial charge in [0.2, 0.25) is 0 Å². The molecule has 2 rings (SSSR count). The van der Waals surface area contributed by atoms with Gasteiger partial charge in [0.1, 0.15) is 0 Å². The summed E-state index contributed by atoms with van der Waals surface area (Å²) >= 11 is 1.79. The Morgan fingerprint density at radius 1 is 1.44 bits per heavy atom. The summed E-state index contributed by atoms with van der Waals surface area (Å²) in [7, 11) is 0. The van der Waals surface area contributed by atoms with Crippen LogP contribution in [0.1, 0.15) is 51.3 Å². The average Bonchev–Trinajstić information content (AvgIpc) is 2.81. The van der Waals surface area contributed by atoms with Crippen LogP contribution in [-0.2, 0) is 6.42 Å². The minimum atomic E-state index is 0.567. The number of nitrogens with one attached hydrogen (secondary N) is 1. The minimum Gasteiger partial charge on any atom is -0.314 e. The highest BCUT2D eigenvalue weighted by molar-refractivity contribution is 7.09. The SMILES string of the molecule is CCNC(Cc1cncs1)C1CCC(C)(C)CC1. The van der Waals surface area contributed by atoms with Gasteiger partial charge in [-0.15, -0.1) is 11.3 Å². The van der Waals surface area contributed by atoms with Gasteiger partial charge in [0, 0.05) is 17.1 Å². The summed E-state index contributed by atoms with van der Waals surface area (Å²) in [5.41, 5.74) is 2.51. The molecular formula is C15H26N2S. The second kappa shape index (κ2) is 6.16. The van der Waals surface area contributed by atoms with E-state index in [4.69, 9.17) is 0 Å². The van der Waals surface area contributed by atoms with Crippen LogP contribution in [0.15, 0.2) is 11.7 Å². The number of aromatic nitrogens is 1. The highest BCUT2D eigenvalue weighted by atomic mass is 32.1. The maximum Gasteiger partial charge on any atom is 0.0794 e. The maximum atomic E-state index is 4.19. The van der Waals surface area contributed by atoms with E-state index < -0.39 is 0 Å². The fourth-order valence-corrected chi connectivity index (χ4v) is 3.71. The molecule has 1 aromatic heterocycles. The van der Waals surface area contributed by atoms with Gasteiger partial charge < -0.3 is 5.32 Å². The Bertz CT molecular complexity index is 335. The summed E-state index contributed by atoms with van der Waals surface area (Å²) in [5.74, 6) is 0.847. The molecule has 2 nitrogen and oxygen atoms in total. The molecule has 0 aliphatic heterocycles. The first-order chi connectivity index (χ1) is 8.61. The standard InChI is InChI=1S/C15H26N2S/c1-4-17-14(9-13-10-16-11-18-13)12-5-7-15(2,3)8-6-12/h10-12,14,17H,4-9H2,1-3H3. The van der Waals surface area contributed by atoms with E-state index >= 15 is 0 Å². The van der Waals surface area contributed by atoms with Gasteiger partial charge in [-0.1, -0.05) is 20.8 Å². The molecule has 0 amide bonds. The van der Waals surface area contributed by atoms with Gasteiger partial charge in [0.05, 0.1) is 5.51 Å². The van der Waals surface area contributed by atoms with Crippen molar-refractivity contribution in [3.8, 4) is 0 Å². The summed E-state index contributed by atoms with van der Waals surface area (Å²) < 4.78 is 0. The lowest BCUT2D eigenvalue weighted by atomic mass is 9.70. The third kappa shape index (κ3) is 3.79. The Kier molecular flexibility index (Phi) is 4.79. The lowest BCUT2D eigenvalue weighted by Crippen LogP contribution is -2.40. The number of nitrogens with zero attached hydrogens (tertiary/aromatic N) is 1. The van der Waals surface area contributed by atoms with Crippen molar-refractivity contribution in [2.75, 3.05) is 6.54 Å². The number of thiazole rings is 1. The van der Waals surface area contributed by atoms with Crippen molar-refractivity contribution in [1.82, 2.24) is 10.3 Å². The summed E-state index contributed by atoms with van der Waals surface area (Å²) in [4.78, 5) is 5.62. The van der Waals surface area contributed by atoms with E-state index in [9.17, 15) is 0 Å². The molecule has 1 aliphatic rings. The number of hydrogen-bond acceptors (Lipinski definition) is 3. The maximum absolute atomic E-state index is 4.19. The highest BCUT2D eigenvalue weighted by Crippen LogP contribution is 2.39. The zero-order valence-corrected chi connectivity index (χ0v) is 12.7. The fourth-order valence-electron chi connectivity index (χ4n) is 3.05. The van der Waals surface area contributed by atoms with E-state index in [2.05, 4.69) is 31.1 Å². The van der Waals surface area contributed by atoms with Crippen molar-refractivity contribution in [3.63, 3.8) is 0 Å². The molecule has 1 saturated carbocycles. The first kappa shape index (κ1) is 14.0. The van der Waals surface area contributed by atoms with Gasteiger partial charge >= 0.3 is 0 Å². The second-order valence-electron chi connectivity index (χ2n) is 6.34. The minimum absolute atomic E-state index is 0.567. The Morgan fingerprint density at radius 2 is 2.17 bits per heavy atom. The normalized spacial score (nSPS) is 21.9. The lowest BCUT2D eigenvalue weighted by Gasteiger charge is -2.38.